The Labute approximate surface area is 126 Å². The molecule has 7 heteroatoms. The number of carbonyl (C=O) groups excluding carboxylic acids is 1. The lowest BCUT2D eigenvalue weighted by molar-refractivity contribution is -0.148. The number of aromatic nitrogens is 4. The first-order valence-corrected chi connectivity index (χ1v) is 6.67. The monoisotopic (exact) mass is 298 g/mol. The molecule has 3 heterocycles. The van der Waals surface area contributed by atoms with E-state index in [1.54, 1.807) is 37.8 Å². The molecule has 112 valence electrons. The van der Waals surface area contributed by atoms with Crippen molar-refractivity contribution >= 4 is 11.6 Å². The van der Waals surface area contributed by atoms with Crippen LogP contribution in [0.25, 0.3) is 16.9 Å². The Morgan fingerprint density at radius 2 is 2.09 bits per heavy atom. The molecule has 0 N–H and O–H groups in total. The van der Waals surface area contributed by atoms with Crippen LogP contribution >= 0.6 is 0 Å². The molecular weight excluding hydrogens is 284 g/mol. The van der Waals surface area contributed by atoms with Gasteiger partial charge in [0.1, 0.15) is 0 Å². The van der Waals surface area contributed by atoms with Gasteiger partial charge in [-0.05, 0) is 13.0 Å². The van der Waals surface area contributed by atoms with Crippen molar-refractivity contribution in [1.82, 2.24) is 19.4 Å². The fourth-order valence-electron chi connectivity index (χ4n) is 2.05. The predicted molar refractivity (Wildman–Crippen MR) is 78.3 cm³/mol. The molecular formula is C15H14N4O3. The van der Waals surface area contributed by atoms with Crippen LogP contribution in [0.2, 0.25) is 0 Å². The van der Waals surface area contributed by atoms with Crippen LogP contribution in [0.3, 0.4) is 0 Å². The Balaban J connectivity index is 1.84. The van der Waals surface area contributed by atoms with Crippen LogP contribution in [0.1, 0.15) is 6.92 Å². The Bertz CT molecular complexity index is 798. The van der Waals surface area contributed by atoms with Crippen molar-refractivity contribution in [2.75, 3.05) is 7.11 Å². The zero-order valence-corrected chi connectivity index (χ0v) is 12.1. The molecule has 0 radical (unpaired) electrons. The maximum Gasteiger partial charge on any atom is 0.346 e. The molecule has 22 heavy (non-hydrogen) atoms. The number of ether oxygens (including phenoxy) is 2. The van der Waals surface area contributed by atoms with Gasteiger partial charge in [-0.15, -0.1) is 0 Å². The molecule has 3 aromatic rings. The van der Waals surface area contributed by atoms with E-state index in [0.29, 0.717) is 5.88 Å². The number of hydrogen-bond donors (Lipinski definition) is 0. The number of rotatable bonds is 4. The minimum atomic E-state index is -0.703. The molecule has 3 rings (SSSR count). The Morgan fingerprint density at radius 1 is 1.23 bits per heavy atom. The highest BCUT2D eigenvalue weighted by atomic mass is 16.6. The summed E-state index contributed by atoms with van der Waals surface area (Å²) in [7, 11) is 1.32. The zero-order valence-electron chi connectivity index (χ0n) is 12.1. The van der Waals surface area contributed by atoms with Crippen molar-refractivity contribution in [3.05, 3.63) is 43.1 Å². The van der Waals surface area contributed by atoms with E-state index in [1.165, 1.54) is 7.11 Å². The fourth-order valence-corrected chi connectivity index (χ4v) is 2.05. The first-order chi connectivity index (χ1) is 10.7. The minimum Gasteiger partial charge on any atom is -0.466 e. The molecule has 0 saturated carbocycles. The van der Waals surface area contributed by atoms with E-state index in [4.69, 9.17) is 4.74 Å². The van der Waals surface area contributed by atoms with Gasteiger partial charge in [0.15, 0.2) is 11.8 Å². The van der Waals surface area contributed by atoms with Crippen LogP contribution in [0.15, 0.2) is 43.1 Å². The molecule has 0 aliphatic carbocycles. The molecule has 0 aliphatic heterocycles. The Kier molecular flexibility index (Phi) is 3.69. The van der Waals surface area contributed by atoms with Crippen molar-refractivity contribution in [3.63, 3.8) is 0 Å². The van der Waals surface area contributed by atoms with E-state index in [1.807, 2.05) is 16.7 Å². The summed E-state index contributed by atoms with van der Waals surface area (Å²) >= 11 is 0. The van der Waals surface area contributed by atoms with Crippen molar-refractivity contribution in [1.29, 1.82) is 0 Å². The quantitative estimate of drug-likeness (QED) is 0.683. The highest BCUT2D eigenvalue weighted by molar-refractivity contribution is 5.74. The lowest BCUT2D eigenvalue weighted by Gasteiger charge is -2.11. The normalized spacial score (nSPS) is 12.1. The van der Waals surface area contributed by atoms with Crippen LogP contribution in [-0.2, 0) is 9.53 Å². The first-order valence-electron chi connectivity index (χ1n) is 6.67. The number of pyridine rings is 1. The second-order valence-electron chi connectivity index (χ2n) is 4.62. The van der Waals surface area contributed by atoms with Crippen LogP contribution < -0.4 is 4.74 Å². The third-order valence-corrected chi connectivity index (χ3v) is 3.18. The largest absolute Gasteiger partial charge is 0.466 e. The summed E-state index contributed by atoms with van der Waals surface area (Å²) in [5, 5.41) is 0. The number of methoxy groups -OCH3 is 1. The summed E-state index contributed by atoms with van der Waals surface area (Å²) in [6.07, 6.45) is 7.94. The smallest absolute Gasteiger partial charge is 0.346 e. The molecule has 1 unspecified atom stereocenters. The van der Waals surface area contributed by atoms with E-state index in [2.05, 4.69) is 19.7 Å². The molecule has 0 aromatic carbocycles. The maximum absolute atomic E-state index is 11.3. The topological polar surface area (TPSA) is 78.6 Å². The standard InChI is InChI=1S/C15H14N4O3/c1-10(15(20)21-2)22-14-4-3-11(7-18-14)12-8-17-13-9-16-5-6-19(12)13/h3-10H,1-2H3. The van der Waals surface area contributed by atoms with Crippen LogP contribution in [-0.4, -0.2) is 38.5 Å². The average molecular weight is 298 g/mol. The molecule has 3 aromatic heterocycles. The third-order valence-electron chi connectivity index (χ3n) is 3.18. The van der Waals surface area contributed by atoms with E-state index in [0.717, 1.165) is 16.9 Å². The van der Waals surface area contributed by atoms with Gasteiger partial charge < -0.3 is 9.47 Å². The lowest BCUT2D eigenvalue weighted by Crippen LogP contribution is -2.25. The molecule has 0 fully saturated rings. The van der Waals surface area contributed by atoms with Gasteiger partial charge in [-0.1, -0.05) is 0 Å². The zero-order chi connectivity index (χ0) is 15.5. The predicted octanol–water partition coefficient (Wildman–Crippen LogP) is 1.73. The summed E-state index contributed by atoms with van der Waals surface area (Å²) in [6.45, 7) is 1.61. The molecule has 0 saturated heterocycles. The number of imidazole rings is 1. The van der Waals surface area contributed by atoms with Gasteiger partial charge in [-0.3, -0.25) is 9.38 Å². The second kappa shape index (κ2) is 5.80. The average Bonchev–Trinajstić information content (AvgIpc) is 2.99. The van der Waals surface area contributed by atoms with Crippen molar-refractivity contribution in [3.8, 4) is 17.1 Å². The fraction of sp³-hybridized carbons (Fsp3) is 0.200. The van der Waals surface area contributed by atoms with Gasteiger partial charge in [-0.25, -0.2) is 14.8 Å². The van der Waals surface area contributed by atoms with E-state index >= 15 is 0 Å². The van der Waals surface area contributed by atoms with Gasteiger partial charge in [0, 0.05) is 30.2 Å². The molecule has 1 atom stereocenters. The summed E-state index contributed by atoms with van der Waals surface area (Å²) in [5.41, 5.74) is 2.55. The summed E-state index contributed by atoms with van der Waals surface area (Å²) in [4.78, 5) is 23.8. The number of hydrogen-bond acceptors (Lipinski definition) is 6. The minimum absolute atomic E-state index is 0.358. The van der Waals surface area contributed by atoms with Gasteiger partial charge in [0.25, 0.3) is 0 Å². The van der Waals surface area contributed by atoms with Crippen LogP contribution in [0.5, 0.6) is 5.88 Å². The highest BCUT2D eigenvalue weighted by Crippen LogP contribution is 2.21. The lowest BCUT2D eigenvalue weighted by atomic mass is 10.2. The first kappa shape index (κ1) is 14.0. The van der Waals surface area contributed by atoms with E-state index in [9.17, 15) is 4.79 Å². The van der Waals surface area contributed by atoms with Gasteiger partial charge in [0.05, 0.1) is 25.2 Å². The number of esters is 1. The SMILES string of the molecule is COC(=O)C(C)Oc1ccc(-c2cnc3cnccn23)cn1. The van der Waals surface area contributed by atoms with Gasteiger partial charge in [-0.2, -0.15) is 0 Å². The Hall–Kier alpha value is -2.96. The third kappa shape index (κ3) is 2.60. The summed E-state index contributed by atoms with van der Waals surface area (Å²) in [6, 6.07) is 3.56. The van der Waals surface area contributed by atoms with Crippen LogP contribution in [0.4, 0.5) is 0 Å². The second-order valence-corrected chi connectivity index (χ2v) is 4.62. The molecule has 7 nitrogen and oxygen atoms in total. The number of nitrogens with zero attached hydrogens (tertiary/aromatic N) is 4. The number of carbonyl (C=O) groups is 1. The molecule has 0 bridgehead atoms. The summed E-state index contributed by atoms with van der Waals surface area (Å²) in [5.74, 6) is -0.0858. The van der Waals surface area contributed by atoms with Crippen molar-refractivity contribution in [2.45, 2.75) is 13.0 Å². The number of fused-ring (bicyclic) bond motifs is 1. The van der Waals surface area contributed by atoms with Crippen molar-refractivity contribution in [2.24, 2.45) is 0 Å². The van der Waals surface area contributed by atoms with E-state index in [-0.39, 0.29) is 0 Å². The molecule has 0 aliphatic rings. The molecule has 0 amide bonds. The Morgan fingerprint density at radius 3 is 2.82 bits per heavy atom. The van der Waals surface area contributed by atoms with Crippen LogP contribution in [0, 0.1) is 0 Å². The summed E-state index contributed by atoms with van der Waals surface area (Å²) < 4.78 is 11.9. The van der Waals surface area contributed by atoms with Gasteiger partial charge >= 0.3 is 5.97 Å². The van der Waals surface area contributed by atoms with Gasteiger partial charge in [0.2, 0.25) is 5.88 Å². The molecule has 0 spiro atoms. The highest BCUT2D eigenvalue weighted by Gasteiger charge is 2.15. The van der Waals surface area contributed by atoms with E-state index < -0.39 is 12.1 Å². The van der Waals surface area contributed by atoms with Crippen molar-refractivity contribution < 1.29 is 14.3 Å². The maximum atomic E-state index is 11.3.